The maximum Gasteiger partial charge on any atom is 0.490 e. The lowest BCUT2D eigenvalue weighted by molar-refractivity contribution is -0.192. The van der Waals surface area contributed by atoms with Crippen LogP contribution in [0, 0.1) is 0 Å². The van der Waals surface area contributed by atoms with Crippen molar-refractivity contribution in [1.29, 1.82) is 0 Å². The average molecular weight is 518 g/mol. The number of aliphatic carboxylic acids is 1. The molecule has 192 valence electrons. The summed E-state index contributed by atoms with van der Waals surface area (Å²) in [6.45, 7) is 5.59. The van der Waals surface area contributed by atoms with Gasteiger partial charge >= 0.3 is 18.2 Å². The van der Waals surface area contributed by atoms with Gasteiger partial charge in [0.2, 0.25) is 5.95 Å². The molecule has 0 aliphatic carbocycles. The Morgan fingerprint density at radius 2 is 1.83 bits per heavy atom. The molecule has 9 nitrogen and oxygen atoms in total. The summed E-state index contributed by atoms with van der Waals surface area (Å²) in [6.07, 6.45) is -0.437. The van der Waals surface area contributed by atoms with Crippen LogP contribution in [0.3, 0.4) is 0 Å². The number of carboxylic acid groups (broad SMARTS) is 1. The molecule has 0 spiro atoms. The summed E-state index contributed by atoms with van der Waals surface area (Å²) in [6, 6.07) is 8.78. The van der Waals surface area contributed by atoms with Crippen molar-refractivity contribution in [1.82, 2.24) is 19.9 Å². The van der Waals surface area contributed by atoms with Crippen LogP contribution in [0.2, 0.25) is 5.02 Å². The van der Waals surface area contributed by atoms with E-state index in [-0.39, 0.29) is 12.1 Å². The van der Waals surface area contributed by atoms with Gasteiger partial charge in [0, 0.05) is 36.7 Å². The van der Waals surface area contributed by atoms with E-state index >= 15 is 0 Å². The SMILES string of the molecule is C[C@H]1CN(C2CCN(c3ncnc(O)n3)CC2)[C@@H](Cc2ccc(Cl)cc2)CO1.O=C(O)C(F)(F)F. The zero-order valence-corrected chi connectivity index (χ0v) is 19.8. The summed E-state index contributed by atoms with van der Waals surface area (Å²) >= 11 is 6.03. The minimum absolute atomic E-state index is 0.225. The van der Waals surface area contributed by atoms with E-state index in [9.17, 15) is 18.3 Å². The Hall–Kier alpha value is -2.70. The number of aromatic nitrogens is 3. The fourth-order valence-corrected chi connectivity index (χ4v) is 4.34. The minimum Gasteiger partial charge on any atom is -0.479 e. The van der Waals surface area contributed by atoms with Gasteiger partial charge in [-0.25, -0.2) is 9.78 Å². The fraction of sp³-hybridized carbons (Fsp3) is 0.545. The highest BCUT2D eigenvalue weighted by molar-refractivity contribution is 6.30. The van der Waals surface area contributed by atoms with E-state index in [4.69, 9.17) is 26.2 Å². The van der Waals surface area contributed by atoms with Crippen molar-refractivity contribution in [3.05, 3.63) is 41.2 Å². The van der Waals surface area contributed by atoms with Crippen LogP contribution in [0.1, 0.15) is 25.3 Å². The van der Waals surface area contributed by atoms with E-state index < -0.39 is 12.1 Å². The second-order valence-electron chi connectivity index (χ2n) is 8.43. The van der Waals surface area contributed by atoms with E-state index in [1.165, 1.54) is 11.9 Å². The number of anilines is 1. The molecular formula is C22H27ClF3N5O4. The van der Waals surface area contributed by atoms with E-state index in [2.05, 4.69) is 43.8 Å². The Morgan fingerprint density at radius 3 is 2.40 bits per heavy atom. The number of aromatic hydroxyl groups is 1. The molecule has 1 aromatic heterocycles. The maximum absolute atomic E-state index is 10.6. The van der Waals surface area contributed by atoms with Crippen molar-refractivity contribution < 1.29 is 32.9 Å². The highest BCUT2D eigenvalue weighted by atomic mass is 35.5. The Bertz CT molecular complexity index is 974. The summed E-state index contributed by atoms with van der Waals surface area (Å²) in [4.78, 5) is 25.5. The Kier molecular flexibility index (Phi) is 9.09. The molecule has 2 saturated heterocycles. The molecule has 13 heteroatoms. The van der Waals surface area contributed by atoms with Crippen LogP contribution in [0.25, 0.3) is 0 Å². The van der Waals surface area contributed by atoms with Crippen LogP contribution >= 0.6 is 11.6 Å². The van der Waals surface area contributed by atoms with Gasteiger partial charge in [0.25, 0.3) is 0 Å². The zero-order chi connectivity index (χ0) is 25.6. The molecule has 2 fully saturated rings. The van der Waals surface area contributed by atoms with Crippen LogP contribution < -0.4 is 4.90 Å². The van der Waals surface area contributed by atoms with Gasteiger partial charge in [-0.3, -0.25) is 4.90 Å². The molecule has 2 aliphatic heterocycles. The fourth-order valence-electron chi connectivity index (χ4n) is 4.21. The van der Waals surface area contributed by atoms with Gasteiger partial charge in [-0.15, -0.1) is 0 Å². The predicted octanol–water partition coefficient (Wildman–Crippen LogP) is 3.16. The molecule has 4 rings (SSSR count). The zero-order valence-electron chi connectivity index (χ0n) is 19.0. The number of nitrogens with zero attached hydrogens (tertiary/aromatic N) is 5. The number of carboxylic acids is 1. The molecule has 0 bridgehead atoms. The normalized spacial score (nSPS) is 21.8. The molecule has 0 saturated carbocycles. The lowest BCUT2D eigenvalue weighted by Gasteiger charge is -2.46. The second-order valence-corrected chi connectivity index (χ2v) is 8.87. The number of hydrogen-bond acceptors (Lipinski definition) is 8. The number of piperidine rings is 1. The van der Waals surface area contributed by atoms with Gasteiger partial charge in [-0.1, -0.05) is 23.7 Å². The summed E-state index contributed by atoms with van der Waals surface area (Å²) < 4.78 is 37.7. The first kappa shape index (κ1) is 26.9. The molecule has 2 atom stereocenters. The number of benzene rings is 1. The molecule has 0 radical (unpaired) electrons. The minimum atomic E-state index is -5.08. The summed E-state index contributed by atoms with van der Waals surface area (Å²) in [5.41, 5.74) is 1.29. The topological polar surface area (TPSA) is 112 Å². The van der Waals surface area contributed by atoms with Crippen LogP contribution in [0.4, 0.5) is 19.1 Å². The third-order valence-electron chi connectivity index (χ3n) is 5.90. The standard InChI is InChI=1S/C20H26ClN5O2.C2HF3O2/c1-14-11-26(18(12-28-14)10-15-2-4-16(21)5-3-15)17-6-8-25(9-7-17)19-22-13-23-20(27)24-19;3-2(4,5)1(6)7/h2-5,13-14,17-18H,6-12H2,1H3,(H,22,23,24,27);(H,6,7)/t14-,18-;/m0./s1. The first-order valence-electron chi connectivity index (χ1n) is 11.1. The van der Waals surface area contributed by atoms with Crippen LogP contribution in [-0.4, -0.2) is 86.6 Å². The van der Waals surface area contributed by atoms with E-state index in [0.717, 1.165) is 50.5 Å². The van der Waals surface area contributed by atoms with Gasteiger partial charge in [0.1, 0.15) is 6.33 Å². The quantitative estimate of drug-likeness (QED) is 0.631. The molecule has 35 heavy (non-hydrogen) atoms. The predicted molar refractivity (Wildman–Crippen MR) is 121 cm³/mol. The Balaban J connectivity index is 0.000000429. The summed E-state index contributed by atoms with van der Waals surface area (Å²) in [7, 11) is 0. The van der Waals surface area contributed by atoms with Crippen molar-refractivity contribution in [2.24, 2.45) is 0 Å². The van der Waals surface area contributed by atoms with Crippen LogP contribution in [0.5, 0.6) is 6.01 Å². The van der Waals surface area contributed by atoms with Crippen molar-refractivity contribution in [2.45, 2.75) is 50.6 Å². The van der Waals surface area contributed by atoms with Crippen molar-refractivity contribution in [3.63, 3.8) is 0 Å². The maximum atomic E-state index is 10.6. The molecule has 1 aromatic carbocycles. The largest absolute Gasteiger partial charge is 0.490 e. The third-order valence-corrected chi connectivity index (χ3v) is 6.15. The van der Waals surface area contributed by atoms with Crippen molar-refractivity contribution >= 4 is 23.5 Å². The number of hydrogen-bond donors (Lipinski definition) is 2. The molecule has 0 amide bonds. The Labute approximate surface area is 205 Å². The number of rotatable bonds is 4. The van der Waals surface area contributed by atoms with E-state index in [1.807, 2.05) is 12.1 Å². The molecule has 2 N–H and O–H groups in total. The van der Waals surface area contributed by atoms with Gasteiger partial charge < -0.3 is 19.8 Å². The first-order valence-corrected chi connectivity index (χ1v) is 11.5. The van der Waals surface area contributed by atoms with Crippen LogP contribution in [-0.2, 0) is 16.0 Å². The van der Waals surface area contributed by atoms with E-state index in [1.54, 1.807) is 0 Å². The van der Waals surface area contributed by atoms with Gasteiger partial charge in [0.05, 0.1) is 12.7 Å². The molecule has 2 aliphatic rings. The van der Waals surface area contributed by atoms with Crippen molar-refractivity contribution in [3.8, 4) is 6.01 Å². The van der Waals surface area contributed by atoms with Gasteiger partial charge in [-0.2, -0.15) is 23.1 Å². The molecular weight excluding hydrogens is 491 g/mol. The second kappa shape index (κ2) is 11.8. The number of ether oxygens (including phenoxy) is 1. The lowest BCUT2D eigenvalue weighted by Crippen LogP contribution is -2.56. The highest BCUT2D eigenvalue weighted by Gasteiger charge is 2.38. The number of morpholine rings is 1. The summed E-state index contributed by atoms with van der Waals surface area (Å²) in [5, 5.41) is 17.4. The number of halogens is 4. The third kappa shape index (κ3) is 7.91. The smallest absolute Gasteiger partial charge is 0.479 e. The summed E-state index contributed by atoms with van der Waals surface area (Å²) in [5.74, 6) is -2.20. The molecule has 2 aromatic rings. The number of carbonyl (C=O) groups is 1. The van der Waals surface area contributed by atoms with E-state index in [0.29, 0.717) is 18.0 Å². The highest BCUT2D eigenvalue weighted by Crippen LogP contribution is 2.26. The Morgan fingerprint density at radius 1 is 1.20 bits per heavy atom. The van der Waals surface area contributed by atoms with Gasteiger partial charge in [0.15, 0.2) is 0 Å². The molecule has 0 unspecified atom stereocenters. The van der Waals surface area contributed by atoms with Crippen LogP contribution in [0.15, 0.2) is 30.6 Å². The van der Waals surface area contributed by atoms with Crippen molar-refractivity contribution in [2.75, 3.05) is 31.1 Å². The van der Waals surface area contributed by atoms with Gasteiger partial charge in [-0.05, 0) is 43.9 Å². The number of alkyl halides is 3. The molecule has 3 heterocycles. The lowest BCUT2D eigenvalue weighted by atomic mass is 9.96. The monoisotopic (exact) mass is 517 g/mol. The average Bonchev–Trinajstić information content (AvgIpc) is 2.81. The first-order chi connectivity index (χ1) is 16.5.